The van der Waals surface area contributed by atoms with E-state index in [1.54, 1.807) is 7.11 Å². The lowest BCUT2D eigenvalue weighted by molar-refractivity contribution is -0.133. The van der Waals surface area contributed by atoms with Gasteiger partial charge in [-0.25, -0.2) is 0 Å². The fourth-order valence-corrected chi connectivity index (χ4v) is 4.18. The largest absolute Gasteiger partial charge is 0.497 e. The number of likely N-dealkylation sites (tertiary alicyclic amines) is 1. The topological polar surface area (TPSA) is 41.6 Å². The van der Waals surface area contributed by atoms with Crippen molar-refractivity contribution in [2.24, 2.45) is 11.8 Å². The molecule has 0 saturated carbocycles. The number of halogens is 1. The van der Waals surface area contributed by atoms with Crippen LogP contribution in [0.3, 0.4) is 0 Å². The number of rotatable bonds is 5. The molecular formula is C20H31ClN2O2. The minimum Gasteiger partial charge on any atom is -0.497 e. The smallest absolute Gasteiger partial charge is 0.223 e. The fourth-order valence-electron chi connectivity index (χ4n) is 4.18. The Morgan fingerprint density at radius 1 is 1.36 bits per heavy atom. The molecular weight excluding hydrogens is 336 g/mol. The first-order chi connectivity index (χ1) is 11.7. The van der Waals surface area contributed by atoms with Crippen molar-refractivity contribution in [3.8, 4) is 5.75 Å². The maximum atomic E-state index is 12.9. The molecule has 2 saturated heterocycles. The molecule has 1 N–H and O–H groups in total. The van der Waals surface area contributed by atoms with Crippen molar-refractivity contribution in [3.05, 3.63) is 29.8 Å². The standard InChI is InChI=1S/C20H30N2O2.ClH/c1-15(17-7-4-10-21-14-17)12-20(23)22-11-5-9-19(22)16-6-3-8-18(13-16)24-2;/h3,6,8,13,15,17,19,21H,4-5,7,9-12,14H2,1-2H3;1H. The number of hydrogen-bond acceptors (Lipinski definition) is 3. The molecule has 4 nitrogen and oxygen atoms in total. The van der Waals surface area contributed by atoms with Crippen molar-refractivity contribution in [1.82, 2.24) is 10.2 Å². The summed E-state index contributed by atoms with van der Waals surface area (Å²) in [7, 11) is 1.69. The first kappa shape index (κ1) is 20.1. The van der Waals surface area contributed by atoms with Crippen LogP contribution in [-0.4, -0.2) is 37.6 Å². The molecule has 2 aliphatic heterocycles. The summed E-state index contributed by atoms with van der Waals surface area (Å²) >= 11 is 0. The molecule has 140 valence electrons. The van der Waals surface area contributed by atoms with Gasteiger partial charge in [0.15, 0.2) is 0 Å². The van der Waals surface area contributed by atoms with Gasteiger partial charge in [-0.15, -0.1) is 12.4 Å². The first-order valence-corrected chi connectivity index (χ1v) is 9.33. The van der Waals surface area contributed by atoms with Crippen LogP contribution in [0.25, 0.3) is 0 Å². The number of methoxy groups -OCH3 is 1. The Bertz CT molecular complexity index is 560. The summed E-state index contributed by atoms with van der Waals surface area (Å²) in [4.78, 5) is 15.0. The average molecular weight is 367 g/mol. The van der Waals surface area contributed by atoms with Gasteiger partial charge in [0.25, 0.3) is 0 Å². The number of carbonyl (C=O) groups excluding carboxylic acids is 1. The molecule has 0 bridgehead atoms. The van der Waals surface area contributed by atoms with Crippen LogP contribution >= 0.6 is 12.4 Å². The van der Waals surface area contributed by atoms with Gasteiger partial charge in [-0.05, 0) is 68.3 Å². The molecule has 1 aromatic rings. The molecule has 3 unspecified atom stereocenters. The Morgan fingerprint density at radius 2 is 2.20 bits per heavy atom. The Kier molecular flexibility index (Phi) is 7.57. The van der Waals surface area contributed by atoms with E-state index in [0.29, 0.717) is 24.2 Å². The molecule has 25 heavy (non-hydrogen) atoms. The number of nitrogens with zero attached hydrogens (tertiary/aromatic N) is 1. The maximum absolute atomic E-state index is 12.9. The number of nitrogens with one attached hydrogen (secondary N) is 1. The average Bonchev–Trinajstić information content (AvgIpc) is 3.12. The highest BCUT2D eigenvalue weighted by molar-refractivity contribution is 5.85. The third-order valence-corrected chi connectivity index (χ3v) is 5.69. The second-order valence-electron chi connectivity index (χ2n) is 7.31. The van der Waals surface area contributed by atoms with Crippen LogP contribution in [0.4, 0.5) is 0 Å². The van der Waals surface area contributed by atoms with E-state index in [0.717, 1.165) is 38.2 Å². The summed E-state index contributed by atoms with van der Waals surface area (Å²) in [5.74, 6) is 2.28. The van der Waals surface area contributed by atoms with Crippen LogP contribution in [0.5, 0.6) is 5.75 Å². The highest BCUT2D eigenvalue weighted by Gasteiger charge is 2.32. The SMILES string of the molecule is COc1cccc(C2CCCN2C(=O)CC(C)C2CCCNC2)c1.Cl. The summed E-state index contributed by atoms with van der Waals surface area (Å²) in [6.45, 7) is 5.32. The third kappa shape index (κ3) is 4.89. The van der Waals surface area contributed by atoms with Gasteiger partial charge in [0.2, 0.25) is 5.91 Å². The van der Waals surface area contributed by atoms with Gasteiger partial charge >= 0.3 is 0 Å². The molecule has 0 aromatic heterocycles. The van der Waals surface area contributed by atoms with Crippen molar-refractivity contribution in [3.63, 3.8) is 0 Å². The minimum atomic E-state index is 0. The molecule has 1 aromatic carbocycles. The Balaban J connectivity index is 0.00000225. The van der Waals surface area contributed by atoms with Crippen LogP contribution < -0.4 is 10.1 Å². The van der Waals surface area contributed by atoms with Gasteiger partial charge < -0.3 is 15.0 Å². The van der Waals surface area contributed by atoms with Crippen LogP contribution in [-0.2, 0) is 4.79 Å². The Hall–Kier alpha value is -1.26. The second-order valence-corrected chi connectivity index (χ2v) is 7.31. The van der Waals surface area contributed by atoms with Gasteiger partial charge in [0.1, 0.15) is 5.75 Å². The third-order valence-electron chi connectivity index (χ3n) is 5.69. The van der Waals surface area contributed by atoms with E-state index in [4.69, 9.17) is 4.74 Å². The van der Waals surface area contributed by atoms with Gasteiger partial charge in [-0.2, -0.15) is 0 Å². The number of piperidine rings is 1. The number of hydrogen-bond donors (Lipinski definition) is 1. The predicted octanol–water partition coefficient (Wildman–Crippen LogP) is 3.81. The zero-order chi connectivity index (χ0) is 16.9. The summed E-state index contributed by atoms with van der Waals surface area (Å²) in [6, 6.07) is 8.39. The number of ether oxygens (including phenoxy) is 1. The predicted molar refractivity (Wildman–Crippen MR) is 103 cm³/mol. The molecule has 1 amide bonds. The van der Waals surface area contributed by atoms with Crippen molar-refractivity contribution in [2.75, 3.05) is 26.7 Å². The summed E-state index contributed by atoms with van der Waals surface area (Å²) in [5.41, 5.74) is 1.20. The molecule has 2 heterocycles. The normalized spacial score (nSPS) is 24.5. The van der Waals surface area contributed by atoms with Crippen molar-refractivity contribution < 1.29 is 9.53 Å². The van der Waals surface area contributed by atoms with Gasteiger partial charge in [-0.1, -0.05) is 19.1 Å². The van der Waals surface area contributed by atoms with Crippen molar-refractivity contribution in [1.29, 1.82) is 0 Å². The maximum Gasteiger partial charge on any atom is 0.223 e. The highest BCUT2D eigenvalue weighted by atomic mass is 35.5. The molecule has 0 spiro atoms. The highest BCUT2D eigenvalue weighted by Crippen LogP contribution is 2.35. The zero-order valence-electron chi connectivity index (χ0n) is 15.4. The van der Waals surface area contributed by atoms with Gasteiger partial charge in [-0.3, -0.25) is 4.79 Å². The van der Waals surface area contributed by atoms with Crippen LogP contribution in [0.15, 0.2) is 24.3 Å². The van der Waals surface area contributed by atoms with E-state index in [2.05, 4.69) is 29.3 Å². The van der Waals surface area contributed by atoms with Crippen LogP contribution in [0, 0.1) is 11.8 Å². The minimum absolute atomic E-state index is 0. The molecule has 3 atom stereocenters. The number of carbonyl (C=O) groups is 1. The molecule has 5 heteroatoms. The fraction of sp³-hybridized carbons (Fsp3) is 0.650. The van der Waals surface area contributed by atoms with E-state index >= 15 is 0 Å². The van der Waals surface area contributed by atoms with E-state index in [9.17, 15) is 4.79 Å². The lowest BCUT2D eigenvalue weighted by Gasteiger charge is -2.31. The van der Waals surface area contributed by atoms with Gasteiger partial charge in [0.05, 0.1) is 13.2 Å². The van der Waals surface area contributed by atoms with Crippen LogP contribution in [0.1, 0.15) is 50.6 Å². The Labute approximate surface area is 157 Å². The lowest BCUT2D eigenvalue weighted by atomic mass is 9.85. The number of amides is 1. The monoisotopic (exact) mass is 366 g/mol. The summed E-state index contributed by atoms with van der Waals surface area (Å²) in [5, 5.41) is 3.47. The molecule has 0 radical (unpaired) electrons. The van der Waals surface area contributed by atoms with Crippen LogP contribution in [0.2, 0.25) is 0 Å². The van der Waals surface area contributed by atoms with Gasteiger partial charge in [0, 0.05) is 13.0 Å². The first-order valence-electron chi connectivity index (χ1n) is 9.33. The van der Waals surface area contributed by atoms with E-state index < -0.39 is 0 Å². The quantitative estimate of drug-likeness (QED) is 0.861. The summed E-state index contributed by atoms with van der Waals surface area (Å²) in [6.07, 6.45) is 5.30. The summed E-state index contributed by atoms with van der Waals surface area (Å²) < 4.78 is 5.34. The molecule has 0 aliphatic carbocycles. The zero-order valence-corrected chi connectivity index (χ0v) is 16.2. The Morgan fingerprint density at radius 3 is 2.92 bits per heavy atom. The van der Waals surface area contributed by atoms with Crippen molar-refractivity contribution >= 4 is 18.3 Å². The molecule has 3 rings (SSSR count). The second kappa shape index (κ2) is 9.44. The molecule has 2 fully saturated rings. The van der Waals surface area contributed by atoms with E-state index in [1.165, 1.54) is 18.4 Å². The lowest BCUT2D eigenvalue weighted by Crippen LogP contribution is -2.37. The number of benzene rings is 1. The van der Waals surface area contributed by atoms with E-state index in [1.807, 2.05) is 12.1 Å². The van der Waals surface area contributed by atoms with E-state index in [-0.39, 0.29) is 18.4 Å². The van der Waals surface area contributed by atoms with Crippen molar-refractivity contribution in [2.45, 2.75) is 45.1 Å². The molecule has 2 aliphatic rings.